The second kappa shape index (κ2) is 15.1. The van der Waals surface area contributed by atoms with Crippen molar-refractivity contribution < 1.29 is 19.8 Å². The van der Waals surface area contributed by atoms with Crippen LogP contribution >= 0.6 is 0 Å². The van der Waals surface area contributed by atoms with Crippen LogP contribution in [0.2, 0.25) is 12.1 Å². The number of fused-ring (bicyclic) bond motifs is 2. The summed E-state index contributed by atoms with van der Waals surface area (Å²) in [5.41, 5.74) is 1.24. The van der Waals surface area contributed by atoms with E-state index in [9.17, 15) is 19.8 Å². The number of carbonyl (C=O) groups is 2. The Balaban J connectivity index is 1.63. The number of benzene rings is 8. The van der Waals surface area contributed by atoms with Gasteiger partial charge in [-0.1, -0.05) is 196 Å². The summed E-state index contributed by atoms with van der Waals surface area (Å²) in [5.74, 6) is -2.15. The van der Waals surface area contributed by atoms with E-state index in [1.165, 1.54) is 0 Å². The molecule has 0 aliphatic carbocycles. The Labute approximate surface area is 329 Å². The van der Waals surface area contributed by atoms with E-state index in [0.29, 0.717) is 34.0 Å². The zero-order valence-corrected chi connectivity index (χ0v) is 33.4. The Morgan fingerprint density at radius 1 is 0.411 bits per heavy atom. The minimum Gasteiger partial charge on any atom is -0.478 e. The third-order valence-electron chi connectivity index (χ3n) is 11.8. The van der Waals surface area contributed by atoms with Crippen LogP contribution in [0.3, 0.4) is 0 Å². The van der Waals surface area contributed by atoms with Crippen molar-refractivity contribution in [3.8, 4) is 11.1 Å². The Morgan fingerprint density at radius 3 is 0.946 bits per heavy atom. The molecule has 0 heterocycles. The van der Waals surface area contributed by atoms with Crippen LogP contribution < -0.4 is 31.1 Å². The molecule has 0 amide bonds. The molecule has 0 bridgehead atoms. The van der Waals surface area contributed by atoms with Crippen molar-refractivity contribution in [1.82, 2.24) is 0 Å². The van der Waals surface area contributed by atoms with Gasteiger partial charge in [0.05, 0.1) is 11.1 Å². The van der Waals surface area contributed by atoms with E-state index in [1.807, 2.05) is 121 Å². The van der Waals surface area contributed by atoms with Gasteiger partial charge in [-0.3, -0.25) is 0 Å². The van der Waals surface area contributed by atoms with Crippen molar-refractivity contribution in [2.45, 2.75) is 25.9 Å². The topological polar surface area (TPSA) is 74.6 Å². The van der Waals surface area contributed by atoms with Gasteiger partial charge in [-0.05, 0) is 64.8 Å². The van der Waals surface area contributed by atoms with Crippen LogP contribution in [0.25, 0.3) is 32.7 Å². The fourth-order valence-corrected chi connectivity index (χ4v) is 18.8. The van der Waals surface area contributed by atoms with E-state index in [-0.39, 0.29) is 11.1 Å². The van der Waals surface area contributed by atoms with E-state index < -0.39 is 28.1 Å². The highest BCUT2D eigenvalue weighted by molar-refractivity contribution is 7.12. The molecule has 0 aromatic heterocycles. The maximum Gasteiger partial charge on any atom is 0.336 e. The van der Waals surface area contributed by atoms with Crippen LogP contribution in [0.15, 0.2) is 182 Å². The highest BCUT2D eigenvalue weighted by Crippen LogP contribution is 2.40. The number of rotatable bonds is 11. The Bertz CT molecular complexity index is 2450. The second-order valence-electron chi connectivity index (χ2n) is 14.4. The molecule has 0 radical (unpaired) electrons. The van der Waals surface area contributed by atoms with E-state index in [4.69, 9.17) is 0 Å². The predicted molar refractivity (Wildman–Crippen MR) is 237 cm³/mol. The molecule has 274 valence electrons. The summed E-state index contributed by atoms with van der Waals surface area (Å²) in [5, 5.41) is 32.5. The molecule has 0 unspecified atom stereocenters. The summed E-state index contributed by atoms with van der Waals surface area (Å²) >= 11 is 0. The molecule has 8 aromatic rings. The van der Waals surface area contributed by atoms with Crippen molar-refractivity contribution >= 4 is 80.8 Å². The molecule has 0 atom stereocenters. The molecule has 0 spiro atoms. The Morgan fingerprint density at radius 2 is 0.679 bits per heavy atom. The third kappa shape index (κ3) is 5.81. The SMILES string of the molecule is CC[Si](c1ccccc1)(c1ccccc1)c1cc2ccccc2c(-c2c(C(=O)O)c([Si](CC)(c3ccccc3)c3ccccc3)cc3ccccc23)c1C(=O)O. The largest absolute Gasteiger partial charge is 0.478 e. The number of aromatic carboxylic acids is 2. The zero-order chi connectivity index (χ0) is 38.9. The van der Waals surface area contributed by atoms with E-state index in [2.05, 4.69) is 74.5 Å². The van der Waals surface area contributed by atoms with Crippen molar-refractivity contribution in [3.05, 3.63) is 193 Å². The smallest absolute Gasteiger partial charge is 0.336 e. The summed E-state index contributed by atoms with van der Waals surface area (Å²) in [6.45, 7) is 4.32. The number of carboxylic acids is 2. The van der Waals surface area contributed by atoms with Crippen LogP contribution in [0.4, 0.5) is 0 Å². The van der Waals surface area contributed by atoms with E-state index in [1.54, 1.807) is 0 Å². The Hall–Kier alpha value is -6.35. The minimum atomic E-state index is -3.08. The average molecular weight is 763 g/mol. The van der Waals surface area contributed by atoms with E-state index in [0.717, 1.165) is 41.9 Å². The van der Waals surface area contributed by atoms with Gasteiger partial charge in [-0.15, -0.1) is 0 Å². The highest BCUT2D eigenvalue weighted by Gasteiger charge is 2.45. The summed E-state index contributed by atoms with van der Waals surface area (Å²) in [4.78, 5) is 28.7. The number of carboxylic acid groups (broad SMARTS) is 2. The van der Waals surface area contributed by atoms with Gasteiger partial charge >= 0.3 is 11.9 Å². The lowest BCUT2D eigenvalue weighted by Gasteiger charge is -2.36. The predicted octanol–water partition coefficient (Wildman–Crippen LogP) is 8.04. The first-order valence-electron chi connectivity index (χ1n) is 19.2. The average Bonchev–Trinajstić information content (AvgIpc) is 3.25. The number of hydrogen-bond acceptors (Lipinski definition) is 2. The van der Waals surface area contributed by atoms with Gasteiger partial charge in [0.25, 0.3) is 0 Å². The molecular formula is C50H42O4Si2. The number of hydrogen-bond donors (Lipinski definition) is 2. The lowest BCUT2D eigenvalue weighted by Crippen LogP contribution is -2.68. The molecular weight excluding hydrogens is 721 g/mol. The van der Waals surface area contributed by atoms with E-state index >= 15 is 0 Å². The Kier molecular flexibility index (Phi) is 9.85. The summed E-state index contributed by atoms with van der Waals surface area (Å²) in [6, 6.07) is 62.5. The zero-order valence-electron chi connectivity index (χ0n) is 31.4. The quantitative estimate of drug-likeness (QED) is 0.103. The monoisotopic (exact) mass is 762 g/mol. The molecule has 0 aliphatic rings. The maximum atomic E-state index is 14.4. The first-order chi connectivity index (χ1) is 27.4. The lowest BCUT2D eigenvalue weighted by molar-refractivity contribution is 0.0686. The van der Waals surface area contributed by atoms with Crippen molar-refractivity contribution in [2.75, 3.05) is 0 Å². The van der Waals surface area contributed by atoms with Crippen LogP contribution in [0, 0.1) is 0 Å². The first kappa shape index (κ1) is 36.6. The van der Waals surface area contributed by atoms with Gasteiger partial charge in [0.2, 0.25) is 0 Å². The van der Waals surface area contributed by atoms with Gasteiger partial charge in [-0.2, -0.15) is 0 Å². The van der Waals surface area contributed by atoms with Gasteiger partial charge in [0.15, 0.2) is 0 Å². The normalized spacial score (nSPS) is 11.8. The van der Waals surface area contributed by atoms with Gasteiger partial charge in [-0.25, -0.2) is 9.59 Å². The molecule has 0 saturated heterocycles. The molecule has 6 heteroatoms. The van der Waals surface area contributed by atoms with Crippen molar-refractivity contribution in [2.24, 2.45) is 0 Å². The molecule has 0 fully saturated rings. The van der Waals surface area contributed by atoms with Crippen LogP contribution in [-0.2, 0) is 0 Å². The molecule has 2 N–H and O–H groups in total. The van der Waals surface area contributed by atoms with Gasteiger partial charge in [0, 0.05) is 11.1 Å². The summed E-state index contributed by atoms with van der Waals surface area (Å²) in [6.07, 6.45) is 0. The molecule has 0 aliphatic heterocycles. The van der Waals surface area contributed by atoms with Gasteiger partial charge in [0.1, 0.15) is 16.1 Å². The third-order valence-corrected chi connectivity index (χ3v) is 21.8. The molecule has 8 rings (SSSR count). The van der Waals surface area contributed by atoms with Crippen LogP contribution in [0.5, 0.6) is 0 Å². The molecule has 4 nitrogen and oxygen atoms in total. The fourth-order valence-electron chi connectivity index (χ4n) is 9.38. The van der Waals surface area contributed by atoms with Crippen molar-refractivity contribution in [3.63, 3.8) is 0 Å². The minimum absolute atomic E-state index is 0.165. The van der Waals surface area contributed by atoms with Crippen LogP contribution in [0.1, 0.15) is 34.6 Å². The van der Waals surface area contributed by atoms with Crippen molar-refractivity contribution in [1.29, 1.82) is 0 Å². The first-order valence-corrected chi connectivity index (χ1v) is 23.6. The van der Waals surface area contributed by atoms with Gasteiger partial charge < -0.3 is 10.2 Å². The standard InChI is InChI=1S/C50H42O4Si2/c1-3-55(37-23-9-5-10-24-37,38-25-11-6-12-26-38)43-33-35-21-17-19-31-41(35)45(47(43)49(51)52)46-42-32-20-18-22-36(42)34-44(48(46)50(53)54)56(4-2,39-27-13-7-14-28-39)40-29-15-8-16-30-40/h5-34H,3-4H2,1-2H3,(H,51,52)(H,53,54). The highest BCUT2D eigenvalue weighted by atomic mass is 28.3. The molecule has 0 saturated carbocycles. The fraction of sp³-hybridized carbons (Fsp3) is 0.0800. The summed E-state index contributed by atoms with van der Waals surface area (Å²) < 4.78 is 0. The summed E-state index contributed by atoms with van der Waals surface area (Å²) in [7, 11) is -6.16. The maximum absolute atomic E-state index is 14.4. The molecule has 56 heavy (non-hydrogen) atoms. The second-order valence-corrected chi connectivity index (χ2v) is 22.8. The lowest BCUT2D eigenvalue weighted by atomic mass is 9.86. The van der Waals surface area contributed by atoms with Crippen LogP contribution in [-0.4, -0.2) is 38.3 Å². The molecule has 8 aromatic carbocycles.